The average Bonchev–Trinajstić information content (AvgIpc) is 2.93. The van der Waals surface area contributed by atoms with Crippen LogP contribution in [-0.4, -0.2) is 23.5 Å². The van der Waals surface area contributed by atoms with Crippen molar-refractivity contribution in [3.63, 3.8) is 0 Å². The molecule has 1 atom stereocenters. The Bertz CT molecular complexity index is 711. The number of esters is 2. The van der Waals surface area contributed by atoms with E-state index >= 15 is 0 Å². The van der Waals surface area contributed by atoms with E-state index in [2.05, 4.69) is 4.98 Å². The Morgan fingerprint density at radius 3 is 2.52 bits per heavy atom. The molecule has 0 bridgehead atoms. The first-order valence-electron chi connectivity index (χ1n) is 7.03. The monoisotopic (exact) mass is 337 g/mol. The minimum absolute atomic E-state index is 0.137. The summed E-state index contributed by atoms with van der Waals surface area (Å²) in [5.74, 6) is -1.37. The van der Waals surface area contributed by atoms with Crippen LogP contribution in [0.15, 0.2) is 24.3 Å². The molecule has 1 heterocycles. The Kier molecular flexibility index (Phi) is 5.44. The van der Waals surface area contributed by atoms with Crippen LogP contribution in [-0.2, 0) is 14.3 Å². The van der Waals surface area contributed by atoms with E-state index in [0.717, 1.165) is 0 Å². The average molecular weight is 337 g/mol. The lowest BCUT2D eigenvalue weighted by Gasteiger charge is -2.07. The molecule has 0 unspecified atom stereocenters. The zero-order chi connectivity index (χ0) is 17.0. The van der Waals surface area contributed by atoms with Crippen LogP contribution < -0.4 is 0 Å². The van der Waals surface area contributed by atoms with Crippen molar-refractivity contribution >= 4 is 23.3 Å². The molecule has 0 fully saturated rings. The summed E-state index contributed by atoms with van der Waals surface area (Å²) in [5, 5.41) is 0.475. The Morgan fingerprint density at radius 2 is 1.96 bits per heavy atom. The number of thiazole rings is 1. The molecule has 0 saturated carbocycles. The van der Waals surface area contributed by atoms with Gasteiger partial charge in [0.05, 0.1) is 11.5 Å². The first-order chi connectivity index (χ1) is 10.9. The normalized spacial score (nSPS) is 11.8. The summed E-state index contributed by atoms with van der Waals surface area (Å²) >= 11 is 1.21. The SMILES string of the molecule is CCOC(=O)c1nc([C@H](C)OC(C)=O)sc1-c1ccc(F)cc1. The molecule has 2 rings (SSSR count). The van der Waals surface area contributed by atoms with E-state index in [-0.39, 0.29) is 18.1 Å². The number of carbonyl (C=O) groups is 2. The van der Waals surface area contributed by atoms with Crippen molar-refractivity contribution < 1.29 is 23.5 Å². The molecule has 1 aromatic heterocycles. The van der Waals surface area contributed by atoms with Gasteiger partial charge in [-0.15, -0.1) is 11.3 Å². The third-order valence-electron chi connectivity index (χ3n) is 2.91. The molecule has 0 aliphatic rings. The molecule has 122 valence electrons. The van der Waals surface area contributed by atoms with Crippen LogP contribution in [0.1, 0.15) is 42.4 Å². The molecule has 0 aliphatic carbocycles. The molecule has 7 heteroatoms. The summed E-state index contributed by atoms with van der Waals surface area (Å²) < 4.78 is 23.2. The second kappa shape index (κ2) is 7.32. The molecular formula is C16H16FNO4S. The van der Waals surface area contributed by atoms with Crippen LogP contribution in [0.4, 0.5) is 4.39 Å². The van der Waals surface area contributed by atoms with Crippen molar-refractivity contribution in [2.75, 3.05) is 6.61 Å². The highest BCUT2D eigenvalue weighted by molar-refractivity contribution is 7.15. The third kappa shape index (κ3) is 4.13. The number of benzene rings is 1. The summed E-state index contributed by atoms with van der Waals surface area (Å²) in [7, 11) is 0. The van der Waals surface area contributed by atoms with Crippen LogP contribution in [0.3, 0.4) is 0 Å². The van der Waals surface area contributed by atoms with Crippen molar-refractivity contribution in [3.05, 3.63) is 40.8 Å². The van der Waals surface area contributed by atoms with Crippen LogP contribution >= 0.6 is 11.3 Å². The molecule has 0 saturated heterocycles. The van der Waals surface area contributed by atoms with Crippen molar-refractivity contribution in [3.8, 4) is 10.4 Å². The van der Waals surface area contributed by atoms with Gasteiger partial charge < -0.3 is 9.47 Å². The van der Waals surface area contributed by atoms with E-state index < -0.39 is 18.0 Å². The number of hydrogen-bond donors (Lipinski definition) is 0. The number of halogens is 1. The first-order valence-corrected chi connectivity index (χ1v) is 7.85. The predicted octanol–water partition coefficient (Wildman–Crippen LogP) is 3.75. The number of rotatable bonds is 5. The van der Waals surface area contributed by atoms with Gasteiger partial charge in [0, 0.05) is 6.92 Å². The van der Waals surface area contributed by atoms with Crippen molar-refractivity contribution in [2.45, 2.75) is 26.9 Å². The zero-order valence-electron chi connectivity index (χ0n) is 13.0. The van der Waals surface area contributed by atoms with Gasteiger partial charge in [-0.3, -0.25) is 4.79 Å². The highest BCUT2D eigenvalue weighted by Crippen LogP contribution is 2.34. The molecule has 0 spiro atoms. The molecule has 0 radical (unpaired) electrons. The maximum absolute atomic E-state index is 13.1. The van der Waals surface area contributed by atoms with Crippen molar-refractivity contribution in [1.82, 2.24) is 4.98 Å². The highest BCUT2D eigenvalue weighted by Gasteiger charge is 2.24. The van der Waals surface area contributed by atoms with Crippen molar-refractivity contribution in [2.24, 2.45) is 0 Å². The van der Waals surface area contributed by atoms with Crippen molar-refractivity contribution in [1.29, 1.82) is 0 Å². The van der Waals surface area contributed by atoms with Gasteiger partial charge in [0.1, 0.15) is 10.8 Å². The fourth-order valence-corrected chi connectivity index (χ4v) is 2.98. The first kappa shape index (κ1) is 17.1. The maximum Gasteiger partial charge on any atom is 0.358 e. The topological polar surface area (TPSA) is 65.5 Å². The predicted molar refractivity (Wildman–Crippen MR) is 83.6 cm³/mol. The van der Waals surface area contributed by atoms with Crippen LogP contribution in [0.2, 0.25) is 0 Å². The molecule has 5 nitrogen and oxygen atoms in total. The minimum Gasteiger partial charge on any atom is -0.461 e. The van der Waals surface area contributed by atoms with Gasteiger partial charge in [0.25, 0.3) is 0 Å². The Hall–Kier alpha value is -2.28. The van der Waals surface area contributed by atoms with Crippen LogP contribution in [0.25, 0.3) is 10.4 Å². The van der Waals surface area contributed by atoms with Gasteiger partial charge in [-0.25, -0.2) is 14.2 Å². The number of carbonyl (C=O) groups excluding carboxylic acids is 2. The van der Waals surface area contributed by atoms with Gasteiger partial charge in [-0.1, -0.05) is 12.1 Å². The maximum atomic E-state index is 13.1. The molecule has 23 heavy (non-hydrogen) atoms. The summed E-state index contributed by atoms with van der Waals surface area (Å²) in [6.45, 7) is 4.89. The number of ether oxygens (including phenoxy) is 2. The second-order valence-corrected chi connectivity index (χ2v) is 5.74. The largest absolute Gasteiger partial charge is 0.461 e. The smallest absolute Gasteiger partial charge is 0.358 e. The highest BCUT2D eigenvalue weighted by atomic mass is 32.1. The minimum atomic E-state index is -0.583. The fourth-order valence-electron chi connectivity index (χ4n) is 1.94. The van der Waals surface area contributed by atoms with Crippen LogP contribution in [0.5, 0.6) is 0 Å². The van der Waals surface area contributed by atoms with Gasteiger partial charge in [0.15, 0.2) is 11.8 Å². The molecule has 0 N–H and O–H groups in total. The van der Waals surface area contributed by atoms with E-state index in [1.807, 2.05) is 0 Å². The number of nitrogens with zero attached hydrogens (tertiary/aromatic N) is 1. The fraction of sp³-hybridized carbons (Fsp3) is 0.312. The van der Waals surface area contributed by atoms with E-state index in [9.17, 15) is 14.0 Å². The Balaban J connectivity index is 2.45. The Morgan fingerprint density at radius 1 is 1.30 bits per heavy atom. The van der Waals surface area contributed by atoms with E-state index in [1.54, 1.807) is 26.0 Å². The third-order valence-corrected chi connectivity index (χ3v) is 4.17. The number of aromatic nitrogens is 1. The summed E-state index contributed by atoms with van der Waals surface area (Å²) in [5.41, 5.74) is 0.783. The zero-order valence-corrected chi connectivity index (χ0v) is 13.8. The second-order valence-electron chi connectivity index (χ2n) is 4.71. The van der Waals surface area contributed by atoms with E-state index in [4.69, 9.17) is 9.47 Å². The molecule has 0 aliphatic heterocycles. The van der Waals surface area contributed by atoms with E-state index in [0.29, 0.717) is 15.4 Å². The summed E-state index contributed by atoms with van der Waals surface area (Å²) in [6, 6.07) is 5.73. The van der Waals surface area contributed by atoms with E-state index in [1.165, 1.54) is 30.4 Å². The Labute approximate surface area is 137 Å². The van der Waals surface area contributed by atoms with Gasteiger partial charge in [0.2, 0.25) is 0 Å². The van der Waals surface area contributed by atoms with Crippen LogP contribution in [0, 0.1) is 5.82 Å². The summed E-state index contributed by atoms with van der Waals surface area (Å²) in [6.07, 6.45) is -0.583. The molecule has 0 amide bonds. The molecular weight excluding hydrogens is 321 g/mol. The number of hydrogen-bond acceptors (Lipinski definition) is 6. The lowest BCUT2D eigenvalue weighted by molar-refractivity contribution is -0.145. The van der Waals surface area contributed by atoms with Gasteiger partial charge in [-0.2, -0.15) is 0 Å². The van der Waals surface area contributed by atoms with Gasteiger partial charge >= 0.3 is 11.9 Å². The standard InChI is InChI=1S/C16H16FNO4S/c1-4-21-16(20)13-14(11-5-7-12(17)8-6-11)23-15(18-13)9(2)22-10(3)19/h5-9H,4H2,1-3H3/t9-/m0/s1. The molecule has 2 aromatic rings. The quantitative estimate of drug-likeness (QED) is 0.778. The molecule has 1 aromatic carbocycles. The summed E-state index contributed by atoms with van der Waals surface area (Å²) in [4.78, 5) is 28.0. The van der Waals surface area contributed by atoms with Gasteiger partial charge in [-0.05, 0) is 31.5 Å². The lowest BCUT2D eigenvalue weighted by atomic mass is 10.1. The lowest BCUT2D eigenvalue weighted by Crippen LogP contribution is -2.08.